The van der Waals surface area contributed by atoms with Crippen LogP contribution in [0.4, 0.5) is 17.1 Å². The molecule has 0 atom stereocenters. The first-order chi connectivity index (χ1) is 31.1. The van der Waals surface area contributed by atoms with Gasteiger partial charge in [0.25, 0.3) is 0 Å². The Morgan fingerprint density at radius 2 is 0.968 bits per heavy atom. The average Bonchev–Trinajstić information content (AvgIpc) is 3.83. The van der Waals surface area contributed by atoms with E-state index in [2.05, 4.69) is 254 Å². The molecule has 1 aliphatic carbocycles. The zero-order valence-corrected chi connectivity index (χ0v) is 35.3. The molecule has 0 saturated carbocycles. The van der Waals surface area contributed by atoms with Gasteiger partial charge in [0.05, 0.1) is 27.8 Å². The minimum absolute atomic E-state index is 0.525. The van der Waals surface area contributed by atoms with E-state index in [1.807, 2.05) is 0 Å². The summed E-state index contributed by atoms with van der Waals surface area (Å²) < 4.78 is 2.49. The van der Waals surface area contributed by atoms with Crippen molar-refractivity contribution in [1.29, 1.82) is 0 Å². The zero-order valence-electron chi connectivity index (χ0n) is 35.3. The lowest BCUT2D eigenvalue weighted by Gasteiger charge is -2.35. The maximum atomic E-state index is 2.49. The van der Waals surface area contributed by atoms with Crippen molar-refractivity contribution in [2.45, 2.75) is 19.3 Å². The van der Waals surface area contributed by atoms with Gasteiger partial charge >= 0.3 is 0 Å². The average molecular weight is 805 g/mol. The Balaban J connectivity index is 1.15. The molecule has 0 saturated heterocycles. The molecule has 0 aliphatic heterocycles. The molecule has 1 aliphatic rings. The van der Waals surface area contributed by atoms with Crippen molar-refractivity contribution >= 4 is 49.6 Å². The van der Waals surface area contributed by atoms with Gasteiger partial charge < -0.3 is 9.47 Å². The van der Waals surface area contributed by atoms with Crippen LogP contribution in [-0.2, 0) is 5.41 Å². The summed E-state index contributed by atoms with van der Waals surface area (Å²) in [5.41, 5.74) is 18.8. The van der Waals surface area contributed by atoms with Crippen LogP contribution >= 0.6 is 0 Å². The van der Waals surface area contributed by atoms with Crippen LogP contribution in [0, 0.1) is 13.8 Å². The highest BCUT2D eigenvalue weighted by Crippen LogP contribution is 2.57. The van der Waals surface area contributed by atoms with Gasteiger partial charge in [0.15, 0.2) is 0 Å². The lowest BCUT2D eigenvalue weighted by Crippen LogP contribution is -2.28. The standard InChI is InChI=1S/C61H44N2/c1-41-28-31-44(32-29-41)50-35-30-42(2)38-59(50)63-58-26-14-12-24-53(58)54-37-34-48(40-60(54)63)62(57-27-15-17-43-16-9-10-22-49(43)57)47-33-36-52-51-23-11-13-25-55(51)61(56(52)39-47,45-18-5-3-6-19-45)46-20-7-4-8-21-46/h3-40H,1-2H3. The normalized spacial score (nSPS) is 12.7. The van der Waals surface area contributed by atoms with Crippen LogP contribution in [0.15, 0.2) is 231 Å². The minimum atomic E-state index is -0.525. The van der Waals surface area contributed by atoms with Gasteiger partial charge in [-0.25, -0.2) is 0 Å². The van der Waals surface area contributed by atoms with E-state index < -0.39 is 5.41 Å². The Labute approximate surface area is 368 Å². The van der Waals surface area contributed by atoms with Crippen LogP contribution in [0.5, 0.6) is 0 Å². The fraction of sp³-hybridized carbons (Fsp3) is 0.0492. The number of rotatable bonds is 7. The van der Waals surface area contributed by atoms with E-state index in [-0.39, 0.29) is 0 Å². The Morgan fingerprint density at radius 1 is 0.381 bits per heavy atom. The molecule has 0 spiro atoms. The molecule has 10 aromatic carbocycles. The molecule has 0 amide bonds. The quantitative estimate of drug-likeness (QED) is 0.156. The van der Waals surface area contributed by atoms with Crippen LogP contribution in [0.1, 0.15) is 33.4 Å². The predicted octanol–water partition coefficient (Wildman–Crippen LogP) is 16.1. The maximum absolute atomic E-state index is 2.49. The highest BCUT2D eigenvalue weighted by Gasteiger charge is 2.46. The molecule has 0 radical (unpaired) electrons. The van der Waals surface area contributed by atoms with Crippen molar-refractivity contribution in [2.75, 3.05) is 4.90 Å². The molecule has 12 rings (SSSR count). The first-order valence-corrected chi connectivity index (χ1v) is 21.9. The van der Waals surface area contributed by atoms with Crippen molar-refractivity contribution in [1.82, 2.24) is 4.57 Å². The molecule has 0 fully saturated rings. The SMILES string of the molecule is Cc1ccc(-c2ccc(C)cc2-n2c3ccccc3c3ccc(N(c4ccc5c(c4)C(c4ccccc4)(c4ccccc4)c4ccccc4-5)c4cccc5ccccc45)cc32)cc1. The highest BCUT2D eigenvalue weighted by atomic mass is 15.1. The molecule has 63 heavy (non-hydrogen) atoms. The summed E-state index contributed by atoms with van der Waals surface area (Å²) in [7, 11) is 0. The van der Waals surface area contributed by atoms with Gasteiger partial charge in [0.1, 0.15) is 0 Å². The van der Waals surface area contributed by atoms with Gasteiger partial charge in [-0.3, -0.25) is 0 Å². The fourth-order valence-corrected chi connectivity index (χ4v) is 10.6. The van der Waals surface area contributed by atoms with Crippen molar-refractivity contribution < 1.29 is 0 Å². The molecule has 2 heteroatoms. The Hall–Kier alpha value is -7.94. The zero-order chi connectivity index (χ0) is 42.1. The van der Waals surface area contributed by atoms with Crippen molar-refractivity contribution in [2.24, 2.45) is 0 Å². The van der Waals surface area contributed by atoms with Crippen molar-refractivity contribution in [3.63, 3.8) is 0 Å². The molecule has 1 heterocycles. The second-order valence-corrected chi connectivity index (χ2v) is 17.0. The molecule has 0 unspecified atom stereocenters. The van der Waals surface area contributed by atoms with Crippen LogP contribution in [0.25, 0.3) is 60.5 Å². The van der Waals surface area contributed by atoms with Crippen LogP contribution in [0.3, 0.4) is 0 Å². The van der Waals surface area contributed by atoms with Crippen LogP contribution < -0.4 is 4.90 Å². The largest absolute Gasteiger partial charge is 0.310 e. The summed E-state index contributed by atoms with van der Waals surface area (Å²) in [6.45, 7) is 4.35. The first kappa shape index (κ1) is 36.9. The van der Waals surface area contributed by atoms with Crippen molar-refractivity contribution in [3.05, 3.63) is 264 Å². The van der Waals surface area contributed by atoms with Crippen LogP contribution in [0.2, 0.25) is 0 Å². The first-order valence-electron chi connectivity index (χ1n) is 21.9. The van der Waals surface area contributed by atoms with E-state index >= 15 is 0 Å². The fourth-order valence-electron chi connectivity index (χ4n) is 10.6. The molecule has 0 bridgehead atoms. The van der Waals surface area contributed by atoms with E-state index in [9.17, 15) is 0 Å². The molecule has 298 valence electrons. The predicted molar refractivity (Wildman–Crippen MR) is 265 cm³/mol. The number of para-hydroxylation sites is 1. The number of hydrogen-bond donors (Lipinski definition) is 0. The van der Waals surface area contributed by atoms with Gasteiger partial charge in [-0.15, -0.1) is 0 Å². The number of aryl methyl sites for hydroxylation is 2. The summed E-state index contributed by atoms with van der Waals surface area (Å²) in [5, 5.41) is 4.86. The minimum Gasteiger partial charge on any atom is -0.310 e. The van der Waals surface area contributed by atoms with Gasteiger partial charge in [0, 0.05) is 33.1 Å². The second kappa shape index (κ2) is 14.6. The summed E-state index contributed by atoms with van der Waals surface area (Å²) in [4.78, 5) is 2.49. The lowest BCUT2D eigenvalue weighted by molar-refractivity contribution is 0.768. The van der Waals surface area contributed by atoms with E-state index in [4.69, 9.17) is 0 Å². The molecular formula is C61H44N2. The van der Waals surface area contributed by atoms with E-state index in [0.717, 1.165) is 22.6 Å². The summed E-state index contributed by atoms with van der Waals surface area (Å²) in [6, 6.07) is 85.6. The Kier molecular flexibility index (Phi) is 8.55. The Morgan fingerprint density at radius 3 is 1.76 bits per heavy atom. The molecule has 11 aromatic rings. The molecule has 1 aromatic heterocycles. The topological polar surface area (TPSA) is 8.17 Å². The third-order valence-electron chi connectivity index (χ3n) is 13.4. The summed E-state index contributed by atoms with van der Waals surface area (Å²) >= 11 is 0. The van der Waals surface area contributed by atoms with E-state index in [0.29, 0.717) is 0 Å². The summed E-state index contributed by atoms with van der Waals surface area (Å²) in [6.07, 6.45) is 0. The number of hydrogen-bond acceptors (Lipinski definition) is 1. The second-order valence-electron chi connectivity index (χ2n) is 17.0. The number of anilines is 3. The van der Waals surface area contributed by atoms with E-state index in [1.165, 1.54) is 88.4 Å². The monoisotopic (exact) mass is 804 g/mol. The summed E-state index contributed by atoms with van der Waals surface area (Å²) in [5.74, 6) is 0. The van der Waals surface area contributed by atoms with Gasteiger partial charge in [0.2, 0.25) is 0 Å². The molecule has 0 N–H and O–H groups in total. The third kappa shape index (κ3) is 5.72. The van der Waals surface area contributed by atoms with Gasteiger partial charge in [-0.2, -0.15) is 0 Å². The Bertz CT molecular complexity index is 3480. The van der Waals surface area contributed by atoms with E-state index in [1.54, 1.807) is 0 Å². The number of nitrogens with zero attached hydrogens (tertiary/aromatic N) is 2. The molecule has 2 nitrogen and oxygen atoms in total. The number of aromatic nitrogens is 1. The maximum Gasteiger partial charge on any atom is 0.0714 e. The number of benzene rings is 10. The highest BCUT2D eigenvalue weighted by molar-refractivity contribution is 6.11. The number of fused-ring (bicyclic) bond motifs is 7. The van der Waals surface area contributed by atoms with Gasteiger partial charge in [-0.05, 0) is 106 Å². The van der Waals surface area contributed by atoms with Gasteiger partial charge in [-0.1, -0.05) is 194 Å². The third-order valence-corrected chi connectivity index (χ3v) is 13.4. The van der Waals surface area contributed by atoms with Crippen molar-refractivity contribution in [3.8, 4) is 27.9 Å². The smallest absolute Gasteiger partial charge is 0.0714 e. The van der Waals surface area contributed by atoms with Crippen LogP contribution in [-0.4, -0.2) is 4.57 Å². The lowest BCUT2D eigenvalue weighted by atomic mass is 9.67. The molecular weight excluding hydrogens is 761 g/mol.